The molecule has 3 fully saturated rings. The summed E-state index contributed by atoms with van der Waals surface area (Å²) in [4.78, 5) is 32.2. The second kappa shape index (κ2) is 11.7. The average Bonchev–Trinajstić information content (AvgIpc) is 3.63. The van der Waals surface area contributed by atoms with Crippen molar-refractivity contribution in [3.63, 3.8) is 0 Å². The van der Waals surface area contributed by atoms with Crippen LogP contribution in [0.4, 0.5) is 5.82 Å². The van der Waals surface area contributed by atoms with E-state index in [1.807, 2.05) is 0 Å². The summed E-state index contributed by atoms with van der Waals surface area (Å²) in [5, 5.41) is 3.89. The number of hydrogen-bond donors (Lipinski definition) is 1. The third-order valence-electron chi connectivity index (χ3n) is 7.02. The molecule has 0 bridgehead atoms. The van der Waals surface area contributed by atoms with Crippen molar-refractivity contribution in [3.8, 4) is 5.75 Å². The van der Waals surface area contributed by atoms with Crippen LogP contribution in [0.15, 0.2) is 52.5 Å². The highest BCUT2D eigenvalue weighted by Gasteiger charge is 2.65. The van der Waals surface area contributed by atoms with Gasteiger partial charge in [0.1, 0.15) is 29.8 Å². The Hall–Kier alpha value is -3.49. The van der Waals surface area contributed by atoms with Gasteiger partial charge in [0, 0.05) is 17.7 Å². The van der Waals surface area contributed by atoms with E-state index in [4.69, 9.17) is 33.7 Å². The molecule has 1 aromatic carbocycles. The van der Waals surface area contributed by atoms with Gasteiger partial charge in [0.2, 0.25) is 5.72 Å². The fourth-order valence-corrected chi connectivity index (χ4v) is 7.27. The van der Waals surface area contributed by atoms with Crippen LogP contribution in [0.3, 0.4) is 0 Å². The van der Waals surface area contributed by atoms with Gasteiger partial charge in [-0.2, -0.15) is 9.65 Å². The van der Waals surface area contributed by atoms with Gasteiger partial charge in [-0.05, 0) is 57.3 Å². The summed E-state index contributed by atoms with van der Waals surface area (Å²) in [6.45, 7) is 4.66. The van der Waals surface area contributed by atoms with Crippen LogP contribution in [-0.2, 0) is 32.8 Å². The highest BCUT2D eigenvalue weighted by Crippen LogP contribution is 2.57. The third kappa shape index (κ3) is 5.75. The molecule has 2 N–H and O–H groups in total. The molecule has 16 nitrogen and oxygen atoms in total. The number of rotatable bonds is 10. The maximum atomic E-state index is 14.6. The van der Waals surface area contributed by atoms with Crippen LogP contribution >= 0.6 is 7.75 Å². The van der Waals surface area contributed by atoms with Crippen molar-refractivity contribution in [1.82, 2.24) is 14.2 Å². The first-order valence-corrected chi connectivity index (χ1v) is 14.9. The predicted octanol–water partition coefficient (Wildman–Crippen LogP) is 3.11. The van der Waals surface area contributed by atoms with E-state index in [2.05, 4.69) is 15.0 Å². The van der Waals surface area contributed by atoms with Crippen molar-refractivity contribution < 1.29 is 37.4 Å². The molecule has 0 saturated carbocycles. The average molecular weight is 606 g/mol. The molecule has 4 heterocycles. The lowest BCUT2D eigenvalue weighted by Crippen LogP contribution is -2.46. The minimum Gasteiger partial charge on any atom is -0.465 e. The number of hydrogen-bond acceptors (Lipinski definition) is 12. The number of carbonyl (C=O) groups is 1. The lowest BCUT2D eigenvalue weighted by atomic mass is 10.1. The molecule has 226 valence electrons. The SMILES string of the molecule is CCOC(=O)[C@@H]1CCCN1P(=O)(OC[C@@]1(N=[N+]=[N-])O[C@@H](n2ccc(N)nc2=O)[C@@H]2OC(C)(C)O[C@@H]21)Oc1ccccc1. The number of nitrogens with two attached hydrogens (primary N) is 1. The number of para-hydroxylation sites is 1. The molecule has 6 atom stereocenters. The number of anilines is 1. The molecular weight excluding hydrogens is 573 g/mol. The monoisotopic (exact) mass is 605 g/mol. The summed E-state index contributed by atoms with van der Waals surface area (Å²) in [6, 6.07) is 8.81. The molecule has 0 amide bonds. The standard InChI is InChI=1S/C25H32N7O9P/c1-4-36-22(33)17-11-8-13-32(17)42(35,41-16-9-6-5-7-10-16)37-15-25(29-30-27)20-19(38-24(2,3)39-20)21(40-25)31-14-12-18(26)28-23(31)34/h5-7,9-10,12,14,17,19-21H,4,8,11,13,15H2,1-3H3,(H2,26,28,34)/t17-,19+,20-,21+,25+,42?/m0/s1. The van der Waals surface area contributed by atoms with Crippen molar-refractivity contribution in [1.29, 1.82) is 0 Å². The largest absolute Gasteiger partial charge is 0.465 e. The van der Waals surface area contributed by atoms with Crippen LogP contribution in [0.2, 0.25) is 0 Å². The number of ether oxygens (including phenoxy) is 4. The zero-order valence-electron chi connectivity index (χ0n) is 23.3. The number of azide groups is 1. The van der Waals surface area contributed by atoms with Gasteiger partial charge in [-0.15, -0.1) is 0 Å². The molecule has 3 aliphatic heterocycles. The second-order valence-electron chi connectivity index (χ2n) is 10.3. The van der Waals surface area contributed by atoms with Crippen LogP contribution < -0.4 is 15.9 Å². The molecule has 3 aliphatic rings. The van der Waals surface area contributed by atoms with E-state index >= 15 is 0 Å². The Bertz CT molecular complexity index is 1470. The van der Waals surface area contributed by atoms with Crippen molar-refractivity contribution >= 4 is 19.5 Å². The van der Waals surface area contributed by atoms with Gasteiger partial charge >= 0.3 is 19.4 Å². The van der Waals surface area contributed by atoms with E-state index in [-0.39, 0.29) is 24.7 Å². The molecule has 5 rings (SSSR count). The normalized spacial score (nSPS) is 29.8. The van der Waals surface area contributed by atoms with Crippen LogP contribution in [0, 0.1) is 0 Å². The third-order valence-corrected chi connectivity index (χ3v) is 9.02. The predicted molar refractivity (Wildman–Crippen MR) is 146 cm³/mol. The molecule has 1 aromatic heterocycles. The number of benzene rings is 1. The molecule has 0 spiro atoms. The van der Waals surface area contributed by atoms with Crippen LogP contribution in [-0.4, -0.2) is 69.7 Å². The maximum absolute atomic E-state index is 14.6. The summed E-state index contributed by atoms with van der Waals surface area (Å²) < 4.78 is 52.6. The first-order chi connectivity index (χ1) is 20.0. The van der Waals surface area contributed by atoms with Crippen molar-refractivity contribution in [2.75, 3.05) is 25.5 Å². The first-order valence-electron chi connectivity index (χ1n) is 13.4. The topological polar surface area (TPSA) is 202 Å². The van der Waals surface area contributed by atoms with Gasteiger partial charge in [0.15, 0.2) is 12.0 Å². The Kier molecular flexibility index (Phi) is 8.32. The fraction of sp³-hybridized carbons (Fsp3) is 0.560. The lowest BCUT2D eigenvalue weighted by molar-refractivity contribution is -0.224. The minimum atomic E-state index is -4.34. The fourth-order valence-electron chi connectivity index (χ4n) is 5.29. The highest BCUT2D eigenvalue weighted by molar-refractivity contribution is 7.51. The van der Waals surface area contributed by atoms with E-state index in [1.54, 1.807) is 51.1 Å². The Morgan fingerprint density at radius 1 is 1.26 bits per heavy atom. The number of nitrogens with zero attached hydrogens (tertiary/aromatic N) is 6. The number of aromatic nitrogens is 2. The maximum Gasteiger partial charge on any atom is 0.462 e. The molecule has 0 aliphatic carbocycles. The smallest absolute Gasteiger partial charge is 0.462 e. The summed E-state index contributed by atoms with van der Waals surface area (Å²) >= 11 is 0. The van der Waals surface area contributed by atoms with Gasteiger partial charge in [0.05, 0.1) is 13.2 Å². The molecule has 42 heavy (non-hydrogen) atoms. The quantitative estimate of drug-likeness (QED) is 0.136. The molecule has 2 aromatic rings. The Morgan fingerprint density at radius 2 is 2.02 bits per heavy atom. The van der Waals surface area contributed by atoms with Crippen LogP contribution in [0.5, 0.6) is 5.75 Å². The first kappa shape index (κ1) is 30.0. The summed E-state index contributed by atoms with van der Waals surface area (Å²) in [5.74, 6) is -1.52. The number of carbonyl (C=O) groups excluding carboxylic acids is 1. The Morgan fingerprint density at radius 3 is 2.71 bits per heavy atom. The molecule has 1 unspecified atom stereocenters. The van der Waals surface area contributed by atoms with Gasteiger partial charge < -0.3 is 29.2 Å². The van der Waals surface area contributed by atoms with E-state index in [9.17, 15) is 19.7 Å². The zero-order valence-corrected chi connectivity index (χ0v) is 24.2. The molecular formula is C25H32N7O9P. The van der Waals surface area contributed by atoms with Gasteiger partial charge in [-0.3, -0.25) is 13.9 Å². The van der Waals surface area contributed by atoms with Gasteiger partial charge in [-0.1, -0.05) is 23.3 Å². The van der Waals surface area contributed by atoms with E-state index in [1.165, 1.54) is 16.9 Å². The van der Waals surface area contributed by atoms with E-state index in [0.29, 0.717) is 12.8 Å². The van der Waals surface area contributed by atoms with Crippen LogP contribution in [0.1, 0.15) is 39.8 Å². The second-order valence-corrected chi connectivity index (χ2v) is 12.2. The van der Waals surface area contributed by atoms with E-state index in [0.717, 1.165) is 4.57 Å². The van der Waals surface area contributed by atoms with E-state index < -0.39 is 62.0 Å². The van der Waals surface area contributed by atoms with Crippen molar-refractivity contribution in [2.45, 2.75) is 69.6 Å². The lowest BCUT2D eigenvalue weighted by Gasteiger charge is -2.34. The van der Waals surface area contributed by atoms with Gasteiger partial charge in [-0.25, -0.2) is 9.36 Å². The Labute approximate surface area is 240 Å². The van der Waals surface area contributed by atoms with Crippen molar-refractivity contribution in [2.24, 2.45) is 5.11 Å². The molecule has 0 radical (unpaired) electrons. The van der Waals surface area contributed by atoms with Gasteiger partial charge in [0.25, 0.3) is 0 Å². The summed E-state index contributed by atoms with van der Waals surface area (Å²) in [7, 11) is -4.34. The highest BCUT2D eigenvalue weighted by atomic mass is 31.2. The number of fused-ring (bicyclic) bond motifs is 1. The number of nitrogen functional groups attached to an aromatic ring is 1. The zero-order chi connectivity index (χ0) is 30.1. The molecule has 17 heteroatoms. The van der Waals surface area contributed by atoms with Crippen LogP contribution in [0.25, 0.3) is 10.4 Å². The summed E-state index contributed by atoms with van der Waals surface area (Å²) in [5.41, 5.74) is 12.5. The number of esters is 1. The minimum absolute atomic E-state index is 0.000116. The molecule has 3 saturated heterocycles. The Balaban J connectivity index is 1.51. The summed E-state index contributed by atoms with van der Waals surface area (Å²) in [6.07, 6.45) is -0.996. The van der Waals surface area contributed by atoms with Crippen molar-refractivity contribution in [3.05, 3.63) is 63.5 Å².